The molecule has 0 radical (unpaired) electrons. The fraction of sp³-hybridized carbons (Fsp3) is 0.435. The third kappa shape index (κ3) is 6.69. The molecule has 0 aliphatic carbocycles. The van der Waals surface area contributed by atoms with Gasteiger partial charge in [0.2, 0.25) is 0 Å². The van der Waals surface area contributed by atoms with Crippen molar-refractivity contribution in [1.82, 2.24) is 25.2 Å². The summed E-state index contributed by atoms with van der Waals surface area (Å²) >= 11 is 1.77. The average Bonchev–Trinajstić information content (AvgIpc) is 3.32. The van der Waals surface area contributed by atoms with Gasteiger partial charge in [-0.3, -0.25) is 0 Å². The minimum Gasteiger partial charge on any atom is -0.357 e. The summed E-state index contributed by atoms with van der Waals surface area (Å²) in [5.41, 5.74) is 2.51. The Morgan fingerprint density at radius 1 is 1.13 bits per heavy atom. The van der Waals surface area contributed by atoms with Gasteiger partial charge in [-0.15, -0.1) is 11.3 Å². The molecule has 0 atom stereocenters. The van der Waals surface area contributed by atoms with Gasteiger partial charge < -0.3 is 15.2 Å². The van der Waals surface area contributed by atoms with Crippen molar-refractivity contribution in [2.75, 3.05) is 13.1 Å². The van der Waals surface area contributed by atoms with Crippen LogP contribution in [-0.2, 0) is 25.9 Å². The van der Waals surface area contributed by atoms with Crippen molar-refractivity contribution in [1.29, 1.82) is 0 Å². The van der Waals surface area contributed by atoms with Crippen LogP contribution in [0.25, 0.3) is 0 Å². The maximum atomic E-state index is 4.73. The molecule has 0 amide bonds. The van der Waals surface area contributed by atoms with Crippen molar-refractivity contribution in [3.8, 4) is 0 Å². The highest BCUT2D eigenvalue weighted by Crippen LogP contribution is 2.16. The van der Waals surface area contributed by atoms with E-state index in [1.54, 1.807) is 11.3 Å². The van der Waals surface area contributed by atoms with Crippen LogP contribution >= 0.6 is 11.3 Å². The number of benzene rings is 1. The van der Waals surface area contributed by atoms with Gasteiger partial charge in [0.1, 0.15) is 12.4 Å². The quantitative estimate of drug-likeness (QED) is 0.383. The highest BCUT2D eigenvalue weighted by atomic mass is 32.1. The van der Waals surface area contributed by atoms with Gasteiger partial charge in [0.25, 0.3) is 0 Å². The molecule has 3 rings (SSSR count). The molecule has 0 bridgehead atoms. The average molecular weight is 425 g/mol. The van der Waals surface area contributed by atoms with E-state index in [0.717, 1.165) is 56.4 Å². The second-order valence-corrected chi connectivity index (χ2v) is 8.53. The lowest BCUT2D eigenvalue weighted by atomic mass is 10.1. The maximum absolute atomic E-state index is 4.73. The molecule has 6 nitrogen and oxygen atoms in total. The largest absolute Gasteiger partial charge is 0.357 e. The van der Waals surface area contributed by atoms with Crippen LogP contribution in [0.4, 0.5) is 0 Å². The molecule has 7 heteroatoms. The van der Waals surface area contributed by atoms with Crippen molar-refractivity contribution < 1.29 is 0 Å². The smallest absolute Gasteiger partial charge is 0.191 e. The summed E-state index contributed by atoms with van der Waals surface area (Å²) in [5, 5.41) is 7.90. The number of hydrogen-bond acceptors (Lipinski definition) is 4. The van der Waals surface area contributed by atoms with Gasteiger partial charge in [0.15, 0.2) is 5.96 Å². The molecule has 0 saturated carbocycles. The summed E-state index contributed by atoms with van der Waals surface area (Å²) in [6.45, 7) is 9.41. The number of aliphatic imine (C=N–C) groups is 1. The predicted octanol–water partition coefficient (Wildman–Crippen LogP) is 3.89. The molecular weight excluding hydrogens is 392 g/mol. The number of thiazole rings is 1. The molecule has 0 aliphatic rings. The Labute approximate surface area is 183 Å². The van der Waals surface area contributed by atoms with E-state index >= 15 is 0 Å². The van der Waals surface area contributed by atoms with Crippen LogP contribution in [-0.4, -0.2) is 33.6 Å². The molecule has 0 fully saturated rings. The van der Waals surface area contributed by atoms with Gasteiger partial charge in [-0.1, -0.05) is 30.3 Å². The van der Waals surface area contributed by atoms with Crippen molar-refractivity contribution in [2.24, 2.45) is 4.99 Å². The lowest BCUT2D eigenvalue weighted by molar-refractivity contribution is 0.610. The number of rotatable bonds is 10. The van der Waals surface area contributed by atoms with Crippen molar-refractivity contribution >= 4 is 17.3 Å². The monoisotopic (exact) mass is 424 g/mol. The Hall–Kier alpha value is -2.67. The molecule has 2 heterocycles. The summed E-state index contributed by atoms with van der Waals surface area (Å²) in [6, 6.07) is 10.6. The molecular formula is C23H32N6S. The molecule has 0 saturated heterocycles. The van der Waals surface area contributed by atoms with E-state index in [4.69, 9.17) is 4.99 Å². The number of hydrogen-bond donors (Lipinski definition) is 2. The number of aryl methyl sites for hydroxylation is 4. The highest BCUT2D eigenvalue weighted by Gasteiger charge is 2.06. The van der Waals surface area contributed by atoms with Gasteiger partial charge in [0, 0.05) is 43.3 Å². The number of nitrogens with one attached hydrogen (secondary N) is 2. The summed E-state index contributed by atoms with van der Waals surface area (Å²) in [5.74, 6) is 1.81. The van der Waals surface area contributed by atoms with E-state index < -0.39 is 0 Å². The van der Waals surface area contributed by atoms with E-state index in [-0.39, 0.29) is 0 Å². The van der Waals surface area contributed by atoms with Gasteiger partial charge in [-0.05, 0) is 39.2 Å². The zero-order valence-electron chi connectivity index (χ0n) is 18.2. The van der Waals surface area contributed by atoms with Gasteiger partial charge >= 0.3 is 0 Å². The number of nitrogens with zero attached hydrogens (tertiary/aromatic N) is 4. The van der Waals surface area contributed by atoms with Crippen LogP contribution in [0.5, 0.6) is 0 Å². The molecule has 0 aliphatic heterocycles. The highest BCUT2D eigenvalue weighted by molar-refractivity contribution is 7.11. The Morgan fingerprint density at radius 3 is 2.70 bits per heavy atom. The molecule has 2 aromatic heterocycles. The maximum Gasteiger partial charge on any atom is 0.191 e. The molecule has 1 aromatic carbocycles. The first-order chi connectivity index (χ1) is 14.7. The Balaban J connectivity index is 1.49. The topological polar surface area (TPSA) is 67.1 Å². The van der Waals surface area contributed by atoms with Crippen LogP contribution in [0.3, 0.4) is 0 Å². The Bertz CT molecular complexity index is 909. The molecule has 0 spiro atoms. The van der Waals surface area contributed by atoms with Crippen molar-refractivity contribution in [2.45, 2.75) is 53.1 Å². The fourth-order valence-electron chi connectivity index (χ4n) is 3.22. The molecule has 2 N–H and O–H groups in total. The van der Waals surface area contributed by atoms with Crippen molar-refractivity contribution in [3.05, 3.63) is 69.7 Å². The first-order valence-electron chi connectivity index (χ1n) is 10.6. The van der Waals surface area contributed by atoms with Gasteiger partial charge in [-0.2, -0.15) is 0 Å². The summed E-state index contributed by atoms with van der Waals surface area (Å²) < 4.78 is 2.21. The minimum atomic E-state index is 0.559. The van der Waals surface area contributed by atoms with E-state index in [1.807, 2.05) is 12.4 Å². The number of guanidine groups is 1. The van der Waals surface area contributed by atoms with Crippen LogP contribution in [0.15, 0.2) is 47.7 Å². The fourth-order valence-corrected chi connectivity index (χ4v) is 4.15. The van der Waals surface area contributed by atoms with Crippen LogP contribution < -0.4 is 10.6 Å². The predicted molar refractivity (Wildman–Crippen MR) is 125 cm³/mol. The zero-order chi connectivity index (χ0) is 21.2. The normalized spacial score (nSPS) is 11.6. The second-order valence-electron chi connectivity index (χ2n) is 7.25. The summed E-state index contributed by atoms with van der Waals surface area (Å²) in [7, 11) is 0. The van der Waals surface area contributed by atoms with Crippen LogP contribution in [0, 0.1) is 13.8 Å². The molecule has 0 unspecified atom stereocenters. The van der Waals surface area contributed by atoms with E-state index in [2.05, 4.69) is 76.3 Å². The molecule has 3 aromatic rings. The van der Waals surface area contributed by atoms with Gasteiger partial charge in [-0.25, -0.2) is 15.0 Å². The summed E-state index contributed by atoms with van der Waals surface area (Å²) in [4.78, 5) is 15.1. The molecule has 30 heavy (non-hydrogen) atoms. The lowest BCUT2D eigenvalue weighted by Gasteiger charge is -2.11. The summed E-state index contributed by atoms with van der Waals surface area (Å²) in [6.07, 6.45) is 6.96. The van der Waals surface area contributed by atoms with E-state index in [0.29, 0.717) is 6.54 Å². The van der Waals surface area contributed by atoms with Crippen LogP contribution in [0.2, 0.25) is 0 Å². The number of aromatic nitrogens is 3. The molecule has 160 valence electrons. The number of imidazole rings is 1. The standard InChI is InChI=1S/C23H32N6S/c1-4-24-23(26-13-12-22-28-18(2)19(3)30-22)27-17-21-25-14-16-29(21)15-8-11-20-9-6-5-7-10-20/h5-7,9-10,14,16H,4,8,11-13,15,17H2,1-3H3,(H2,24,26,27). The lowest BCUT2D eigenvalue weighted by Crippen LogP contribution is -2.38. The van der Waals surface area contributed by atoms with Crippen molar-refractivity contribution in [3.63, 3.8) is 0 Å². The Morgan fingerprint density at radius 2 is 1.97 bits per heavy atom. The second kappa shape index (κ2) is 11.5. The SMILES string of the molecule is CCNC(=NCc1nccn1CCCc1ccccc1)NCCc1nc(C)c(C)s1. The van der Waals surface area contributed by atoms with Crippen LogP contribution in [0.1, 0.15) is 40.3 Å². The van der Waals surface area contributed by atoms with E-state index in [9.17, 15) is 0 Å². The van der Waals surface area contributed by atoms with Gasteiger partial charge in [0.05, 0.1) is 10.7 Å². The first-order valence-corrected chi connectivity index (χ1v) is 11.5. The van der Waals surface area contributed by atoms with E-state index in [1.165, 1.54) is 15.4 Å². The minimum absolute atomic E-state index is 0.559. The first kappa shape index (κ1) is 22.0. The third-order valence-electron chi connectivity index (χ3n) is 4.94. The zero-order valence-corrected chi connectivity index (χ0v) is 19.0. The Kier molecular flexibility index (Phi) is 8.44. The third-order valence-corrected chi connectivity index (χ3v) is 6.07.